The van der Waals surface area contributed by atoms with E-state index in [-0.39, 0.29) is 11.5 Å². The van der Waals surface area contributed by atoms with Gasteiger partial charge in [0.05, 0.1) is 5.56 Å². The zero-order valence-corrected chi connectivity index (χ0v) is 12.0. The summed E-state index contributed by atoms with van der Waals surface area (Å²) in [5.74, 6) is -1.35. The lowest BCUT2D eigenvalue weighted by atomic mass is 9.79. The molecule has 1 fully saturated rings. The van der Waals surface area contributed by atoms with Gasteiger partial charge >= 0.3 is 0 Å². The largest absolute Gasteiger partial charge is 0.465 e. The second kappa shape index (κ2) is 4.07. The van der Waals surface area contributed by atoms with Gasteiger partial charge in [-0.2, -0.15) is 0 Å². The molecule has 1 aromatic rings. The summed E-state index contributed by atoms with van der Waals surface area (Å²) in [6.45, 7) is 5.86. The molecular weight excluding hydrogens is 246 g/mol. The van der Waals surface area contributed by atoms with Crippen molar-refractivity contribution in [1.29, 1.82) is 0 Å². The highest BCUT2D eigenvalue weighted by atomic mass is 19.3. The molecule has 106 valence electrons. The van der Waals surface area contributed by atoms with Gasteiger partial charge in [-0.3, -0.25) is 0 Å². The summed E-state index contributed by atoms with van der Waals surface area (Å²) in [6.07, 6.45) is 4.44. The third-order valence-electron chi connectivity index (χ3n) is 5.02. The van der Waals surface area contributed by atoms with Crippen molar-refractivity contribution in [1.82, 2.24) is 0 Å². The summed E-state index contributed by atoms with van der Waals surface area (Å²) in [7, 11) is 0. The Morgan fingerprint density at radius 2 is 1.84 bits per heavy atom. The lowest BCUT2D eigenvalue weighted by molar-refractivity contribution is -0.116. The van der Waals surface area contributed by atoms with Crippen LogP contribution in [0.1, 0.15) is 75.0 Å². The van der Waals surface area contributed by atoms with E-state index in [1.807, 2.05) is 20.8 Å². The molecule has 0 unspecified atom stereocenters. The molecule has 0 aliphatic heterocycles. The molecule has 19 heavy (non-hydrogen) atoms. The van der Waals surface area contributed by atoms with Crippen LogP contribution in [0.4, 0.5) is 8.78 Å². The number of aryl methyl sites for hydroxylation is 1. The average Bonchev–Trinajstić information content (AvgIpc) is 2.99. The number of alkyl halides is 2. The first-order valence-corrected chi connectivity index (χ1v) is 7.45. The van der Waals surface area contributed by atoms with Crippen molar-refractivity contribution < 1.29 is 13.2 Å². The van der Waals surface area contributed by atoms with Crippen LogP contribution in [0.5, 0.6) is 0 Å². The highest BCUT2D eigenvalue weighted by molar-refractivity contribution is 5.46. The average molecular weight is 268 g/mol. The summed E-state index contributed by atoms with van der Waals surface area (Å²) < 4.78 is 35.8. The third-order valence-corrected chi connectivity index (χ3v) is 5.02. The van der Waals surface area contributed by atoms with Crippen molar-refractivity contribution in [2.24, 2.45) is 5.41 Å². The van der Waals surface area contributed by atoms with Crippen LogP contribution in [0.15, 0.2) is 4.42 Å². The van der Waals surface area contributed by atoms with Crippen molar-refractivity contribution in [3.05, 3.63) is 22.6 Å². The van der Waals surface area contributed by atoms with Crippen molar-refractivity contribution >= 4 is 0 Å². The first kappa shape index (κ1) is 13.1. The van der Waals surface area contributed by atoms with Gasteiger partial charge in [0.1, 0.15) is 11.5 Å². The topological polar surface area (TPSA) is 13.1 Å². The van der Waals surface area contributed by atoms with Gasteiger partial charge in [0.15, 0.2) is 0 Å². The van der Waals surface area contributed by atoms with Gasteiger partial charge in [-0.05, 0) is 19.3 Å². The number of hydrogen-bond acceptors (Lipinski definition) is 1. The Hall–Kier alpha value is -0.860. The third kappa shape index (κ3) is 1.56. The van der Waals surface area contributed by atoms with Gasteiger partial charge in [0, 0.05) is 23.3 Å². The molecule has 3 rings (SSSR count). The molecular formula is C16H22F2O. The van der Waals surface area contributed by atoms with Gasteiger partial charge < -0.3 is 4.42 Å². The van der Waals surface area contributed by atoms with Crippen LogP contribution in [0.2, 0.25) is 0 Å². The Morgan fingerprint density at radius 3 is 2.37 bits per heavy atom. The van der Waals surface area contributed by atoms with Crippen molar-refractivity contribution in [3.8, 4) is 0 Å². The number of fused-ring (bicyclic) bond motifs is 1. The summed E-state index contributed by atoms with van der Waals surface area (Å²) in [4.78, 5) is 0. The maximum absolute atomic E-state index is 15.0. The first-order chi connectivity index (χ1) is 8.93. The zero-order valence-electron chi connectivity index (χ0n) is 12.0. The molecule has 0 saturated heterocycles. The molecule has 0 radical (unpaired) electrons. The summed E-state index contributed by atoms with van der Waals surface area (Å²) in [5, 5.41) is 0. The van der Waals surface area contributed by atoms with E-state index in [1.165, 1.54) is 0 Å². The maximum atomic E-state index is 15.0. The van der Waals surface area contributed by atoms with E-state index in [2.05, 4.69) is 0 Å². The van der Waals surface area contributed by atoms with E-state index in [9.17, 15) is 0 Å². The fourth-order valence-corrected chi connectivity index (χ4v) is 4.01. The van der Waals surface area contributed by atoms with Crippen LogP contribution in [0, 0.1) is 5.41 Å². The predicted molar refractivity (Wildman–Crippen MR) is 70.7 cm³/mol. The van der Waals surface area contributed by atoms with Crippen molar-refractivity contribution in [3.63, 3.8) is 0 Å². The Kier molecular flexibility index (Phi) is 2.81. The Balaban J connectivity index is 2.17. The van der Waals surface area contributed by atoms with Crippen molar-refractivity contribution in [2.45, 2.75) is 71.1 Å². The molecule has 1 nitrogen and oxygen atoms in total. The van der Waals surface area contributed by atoms with Gasteiger partial charge in [0.2, 0.25) is 0 Å². The Bertz CT molecular complexity index is 493. The second-order valence-corrected chi connectivity index (χ2v) is 6.49. The fourth-order valence-electron chi connectivity index (χ4n) is 4.01. The van der Waals surface area contributed by atoms with Crippen LogP contribution in [0.3, 0.4) is 0 Å². The van der Waals surface area contributed by atoms with Gasteiger partial charge in [-0.1, -0.05) is 33.6 Å². The van der Waals surface area contributed by atoms with Crippen molar-refractivity contribution in [2.75, 3.05) is 0 Å². The van der Waals surface area contributed by atoms with Gasteiger partial charge in [-0.15, -0.1) is 0 Å². The molecule has 0 bridgehead atoms. The zero-order chi connectivity index (χ0) is 13.8. The molecule has 3 heteroatoms. The van der Waals surface area contributed by atoms with E-state index >= 15 is 8.78 Å². The highest BCUT2D eigenvalue weighted by Crippen LogP contribution is 2.64. The van der Waals surface area contributed by atoms with E-state index in [0.29, 0.717) is 31.4 Å². The summed E-state index contributed by atoms with van der Waals surface area (Å²) >= 11 is 0. The van der Waals surface area contributed by atoms with Crippen LogP contribution < -0.4 is 0 Å². The van der Waals surface area contributed by atoms with Gasteiger partial charge in [-0.25, -0.2) is 8.78 Å². The van der Waals surface area contributed by atoms with E-state index in [0.717, 1.165) is 24.2 Å². The van der Waals surface area contributed by atoms with E-state index in [1.54, 1.807) is 0 Å². The molecule has 0 N–H and O–H groups in total. The molecule has 0 amide bonds. The second-order valence-electron chi connectivity index (χ2n) is 6.49. The Labute approximate surface area is 113 Å². The van der Waals surface area contributed by atoms with Crippen LogP contribution in [0.25, 0.3) is 0 Å². The minimum Gasteiger partial charge on any atom is -0.465 e. The molecule has 1 spiro atoms. The Morgan fingerprint density at radius 1 is 1.21 bits per heavy atom. The quantitative estimate of drug-likeness (QED) is 0.721. The molecule has 2 aliphatic rings. The number of furan rings is 1. The molecule has 2 aliphatic carbocycles. The molecule has 1 aromatic heterocycles. The maximum Gasteiger partial charge on any atom is 0.282 e. The number of hydrogen-bond donors (Lipinski definition) is 0. The van der Waals surface area contributed by atoms with Crippen LogP contribution in [-0.2, 0) is 18.8 Å². The highest BCUT2D eigenvalue weighted by Gasteiger charge is 2.63. The van der Waals surface area contributed by atoms with Gasteiger partial charge in [0.25, 0.3) is 5.92 Å². The monoisotopic (exact) mass is 268 g/mol. The minimum absolute atomic E-state index is 0.0245. The predicted octanol–water partition coefficient (Wildman–Crippen LogP) is 5.17. The normalized spacial score (nSPS) is 23.5. The number of rotatable bonds is 2. The lowest BCUT2D eigenvalue weighted by Gasteiger charge is -2.31. The molecule has 1 heterocycles. The van der Waals surface area contributed by atoms with E-state index < -0.39 is 11.3 Å². The SMILES string of the molecule is CCc1oc(C(C)C)c2c1CC1(CCCC1)C2(F)F. The lowest BCUT2D eigenvalue weighted by Crippen LogP contribution is -2.33. The standard InChI is InChI=1S/C16H22F2O/c1-4-12-11-9-15(7-5-6-8-15)16(17,18)13(11)14(19-12)10(2)3/h10H,4-9H2,1-3H3. The molecule has 0 aromatic carbocycles. The van der Waals surface area contributed by atoms with Crippen LogP contribution >= 0.6 is 0 Å². The molecule has 1 saturated carbocycles. The molecule has 0 atom stereocenters. The summed E-state index contributed by atoms with van der Waals surface area (Å²) in [6, 6.07) is 0. The number of halogens is 2. The smallest absolute Gasteiger partial charge is 0.282 e. The van der Waals surface area contributed by atoms with E-state index in [4.69, 9.17) is 4.42 Å². The summed E-state index contributed by atoms with van der Waals surface area (Å²) in [5.41, 5.74) is 0.279. The first-order valence-electron chi connectivity index (χ1n) is 7.45. The van der Waals surface area contributed by atoms with Crippen LogP contribution in [-0.4, -0.2) is 0 Å². The minimum atomic E-state index is -2.70. The fraction of sp³-hybridized carbons (Fsp3) is 0.750.